The lowest BCUT2D eigenvalue weighted by atomic mass is 10.1. The van der Waals surface area contributed by atoms with E-state index >= 15 is 0 Å². The van der Waals surface area contributed by atoms with Crippen LogP contribution in [0, 0.1) is 27.7 Å². The van der Waals surface area contributed by atoms with Gasteiger partial charge in [0.05, 0.1) is 35.2 Å². The first kappa shape index (κ1) is 28.3. The second kappa shape index (κ2) is 13.4. The Morgan fingerprint density at radius 1 is 0.405 bits per heavy atom. The van der Waals surface area contributed by atoms with Gasteiger partial charge in [0.15, 0.2) is 0 Å². The highest BCUT2D eigenvalue weighted by Crippen LogP contribution is 2.25. The van der Waals surface area contributed by atoms with Crippen LogP contribution >= 0.6 is 0 Å². The van der Waals surface area contributed by atoms with E-state index in [4.69, 9.17) is 0 Å². The Morgan fingerprint density at radius 2 is 0.762 bits per heavy atom. The molecule has 0 saturated heterocycles. The zero-order valence-corrected chi connectivity index (χ0v) is 24.6. The Bertz CT molecular complexity index is 1630. The molecule has 2 aromatic heterocycles. The molecule has 4 nitrogen and oxygen atoms in total. The average Bonchev–Trinajstić information content (AvgIpc) is 3.68. The lowest BCUT2D eigenvalue weighted by Gasteiger charge is -2.03. The Balaban J connectivity index is 0.000000168. The molecular formula is C38H36N4. The molecule has 0 unspecified atom stereocenters. The topological polar surface area (TPSA) is 56.3 Å². The molecule has 0 radical (unpaired) electrons. The van der Waals surface area contributed by atoms with Gasteiger partial charge in [-0.25, -0.2) is 0 Å². The second-order valence-corrected chi connectivity index (χ2v) is 10.4. The summed E-state index contributed by atoms with van der Waals surface area (Å²) < 4.78 is 0. The van der Waals surface area contributed by atoms with Crippen LogP contribution in [0.4, 0.5) is 11.4 Å². The van der Waals surface area contributed by atoms with Crippen molar-refractivity contribution in [3.8, 4) is 22.5 Å². The number of aromatic nitrogens is 2. The summed E-state index contributed by atoms with van der Waals surface area (Å²) in [6, 6.07) is 41.3. The quantitative estimate of drug-likeness (QED) is 0.195. The maximum Gasteiger partial charge on any atom is 0.0688 e. The van der Waals surface area contributed by atoms with Crippen LogP contribution < -0.4 is 0 Å². The van der Waals surface area contributed by atoms with Crippen LogP contribution in [0.15, 0.2) is 131 Å². The number of benzene rings is 4. The molecule has 0 amide bonds. The molecule has 0 fully saturated rings. The Hall–Kier alpha value is -5.22. The molecule has 4 heteroatoms. The maximum absolute atomic E-state index is 4.63. The van der Waals surface area contributed by atoms with Crippen molar-refractivity contribution in [1.29, 1.82) is 0 Å². The summed E-state index contributed by atoms with van der Waals surface area (Å²) in [5.74, 6) is 0. The molecule has 6 aromatic rings. The van der Waals surface area contributed by atoms with Crippen molar-refractivity contribution in [1.82, 2.24) is 9.97 Å². The molecule has 208 valence electrons. The molecule has 4 aromatic carbocycles. The number of aliphatic imine (C=N–C) groups is 2. The molecule has 0 saturated carbocycles. The molecule has 0 aliphatic heterocycles. The summed E-state index contributed by atoms with van der Waals surface area (Å²) >= 11 is 0. The van der Waals surface area contributed by atoms with E-state index in [0.717, 1.165) is 34.2 Å². The smallest absolute Gasteiger partial charge is 0.0688 e. The first-order valence-corrected chi connectivity index (χ1v) is 14.2. The Kier molecular flexibility index (Phi) is 9.05. The highest BCUT2D eigenvalue weighted by atomic mass is 14.8. The molecular weight excluding hydrogens is 512 g/mol. The Labute approximate surface area is 248 Å². The third-order valence-corrected chi connectivity index (χ3v) is 7.13. The molecule has 6 rings (SSSR count). The fourth-order valence-corrected chi connectivity index (χ4v) is 4.83. The minimum atomic E-state index is 1.01. The number of nitrogens with one attached hydrogen (secondary N) is 2. The summed E-state index contributed by atoms with van der Waals surface area (Å²) in [5, 5.41) is 0. The predicted molar refractivity (Wildman–Crippen MR) is 179 cm³/mol. The third kappa shape index (κ3) is 7.10. The summed E-state index contributed by atoms with van der Waals surface area (Å²) in [7, 11) is 0. The molecule has 2 N–H and O–H groups in total. The van der Waals surface area contributed by atoms with Crippen molar-refractivity contribution < 1.29 is 0 Å². The lowest BCUT2D eigenvalue weighted by molar-refractivity contribution is 1.32. The first-order valence-electron chi connectivity index (χ1n) is 14.2. The summed E-state index contributed by atoms with van der Waals surface area (Å²) in [5.41, 5.74) is 13.5. The summed E-state index contributed by atoms with van der Waals surface area (Å²) in [6.07, 6.45) is 3.78. The van der Waals surface area contributed by atoms with Crippen molar-refractivity contribution in [3.63, 3.8) is 0 Å². The summed E-state index contributed by atoms with van der Waals surface area (Å²) in [6.45, 7) is 8.35. The van der Waals surface area contributed by atoms with Gasteiger partial charge < -0.3 is 9.97 Å². The fourth-order valence-electron chi connectivity index (χ4n) is 4.83. The van der Waals surface area contributed by atoms with Gasteiger partial charge in [0, 0.05) is 11.4 Å². The molecule has 0 spiro atoms. The number of aromatic amines is 2. The normalized spacial score (nSPS) is 11.1. The monoisotopic (exact) mass is 548 g/mol. The number of hydrogen-bond acceptors (Lipinski definition) is 2. The molecule has 0 aliphatic rings. The van der Waals surface area contributed by atoms with Crippen molar-refractivity contribution >= 4 is 23.8 Å². The van der Waals surface area contributed by atoms with Gasteiger partial charge in [0.25, 0.3) is 0 Å². The van der Waals surface area contributed by atoms with Gasteiger partial charge in [0.1, 0.15) is 0 Å². The second-order valence-electron chi connectivity index (χ2n) is 10.4. The molecule has 2 heterocycles. The average molecular weight is 549 g/mol. The van der Waals surface area contributed by atoms with Gasteiger partial charge in [-0.3, -0.25) is 9.98 Å². The van der Waals surface area contributed by atoms with Crippen LogP contribution in [0.3, 0.4) is 0 Å². The third-order valence-electron chi connectivity index (χ3n) is 7.13. The lowest BCUT2D eigenvalue weighted by Crippen LogP contribution is -1.84. The highest BCUT2D eigenvalue weighted by Gasteiger charge is 2.03. The largest absolute Gasteiger partial charge is 0.354 e. The number of para-hydroxylation sites is 2. The van der Waals surface area contributed by atoms with Crippen LogP contribution in [0.1, 0.15) is 33.6 Å². The molecule has 42 heavy (non-hydrogen) atoms. The molecule has 0 atom stereocenters. The van der Waals surface area contributed by atoms with E-state index in [2.05, 4.69) is 133 Å². The van der Waals surface area contributed by atoms with Crippen molar-refractivity contribution in [3.05, 3.63) is 155 Å². The fraction of sp³-hybridized carbons (Fsp3) is 0.105. The number of nitrogens with zero attached hydrogens (tertiary/aromatic N) is 2. The Morgan fingerprint density at radius 3 is 1.12 bits per heavy atom. The van der Waals surface area contributed by atoms with Crippen LogP contribution in [-0.2, 0) is 0 Å². The highest BCUT2D eigenvalue weighted by molar-refractivity contribution is 5.83. The minimum absolute atomic E-state index is 1.01. The molecule has 0 bridgehead atoms. The van der Waals surface area contributed by atoms with Crippen LogP contribution in [0.25, 0.3) is 22.5 Å². The number of hydrogen-bond donors (Lipinski definition) is 2. The number of H-pyrrole nitrogens is 2. The van der Waals surface area contributed by atoms with Gasteiger partial charge >= 0.3 is 0 Å². The van der Waals surface area contributed by atoms with Gasteiger partial charge in [-0.15, -0.1) is 0 Å². The van der Waals surface area contributed by atoms with Gasteiger partial charge in [-0.05, 0) is 85.3 Å². The number of aryl methyl sites for hydroxylation is 4. The first-order chi connectivity index (χ1) is 20.5. The summed E-state index contributed by atoms with van der Waals surface area (Å²) in [4.78, 5) is 16.0. The van der Waals surface area contributed by atoms with E-state index in [1.807, 2.05) is 48.8 Å². The number of rotatable bonds is 6. The van der Waals surface area contributed by atoms with Crippen LogP contribution in [-0.4, -0.2) is 22.4 Å². The van der Waals surface area contributed by atoms with Crippen LogP contribution in [0.2, 0.25) is 0 Å². The van der Waals surface area contributed by atoms with Crippen LogP contribution in [0.5, 0.6) is 0 Å². The van der Waals surface area contributed by atoms with Gasteiger partial charge in [-0.2, -0.15) is 0 Å². The van der Waals surface area contributed by atoms with Crippen molar-refractivity contribution in [2.24, 2.45) is 9.98 Å². The van der Waals surface area contributed by atoms with E-state index in [1.54, 1.807) is 0 Å². The van der Waals surface area contributed by atoms with Crippen molar-refractivity contribution in [2.45, 2.75) is 27.7 Å². The van der Waals surface area contributed by atoms with E-state index < -0.39 is 0 Å². The SMILES string of the molecule is Cc1cccc(C)c1N=Cc1ccc(-c2ccccc2)[nH]1.Cc1cccc(C)c1N=Cc1ccc(-c2ccccc2)[nH]1. The van der Waals surface area contributed by atoms with E-state index in [9.17, 15) is 0 Å². The zero-order chi connectivity index (χ0) is 29.3. The van der Waals surface area contributed by atoms with E-state index in [0.29, 0.717) is 0 Å². The maximum atomic E-state index is 4.63. The molecule has 0 aliphatic carbocycles. The van der Waals surface area contributed by atoms with Gasteiger partial charge in [0.2, 0.25) is 0 Å². The van der Waals surface area contributed by atoms with E-state index in [-0.39, 0.29) is 0 Å². The van der Waals surface area contributed by atoms with Crippen molar-refractivity contribution in [2.75, 3.05) is 0 Å². The van der Waals surface area contributed by atoms with Gasteiger partial charge in [-0.1, -0.05) is 97.1 Å². The predicted octanol–water partition coefficient (Wildman–Crippen LogP) is 10.1. The standard InChI is InChI=1S/2C19H18N2/c2*1-14-7-6-8-15(2)19(14)20-13-17-11-12-18(21-17)16-9-4-3-5-10-16/h2*3-13,21H,1-2H3. The zero-order valence-electron chi connectivity index (χ0n) is 24.6. The van der Waals surface area contributed by atoms with E-state index in [1.165, 1.54) is 33.4 Å². The minimum Gasteiger partial charge on any atom is -0.354 e.